The number of hydrogen-bond donors (Lipinski definition) is 0. The first-order valence-corrected chi connectivity index (χ1v) is 15.3. The van der Waals surface area contributed by atoms with Gasteiger partial charge >= 0.3 is 0 Å². The zero-order valence-electron chi connectivity index (χ0n) is 24.2. The number of nitrogens with zero attached hydrogens (tertiary/aromatic N) is 1. The fraction of sp³-hybridized carbons (Fsp3) is 0. The molecule has 0 aliphatic carbocycles. The van der Waals surface area contributed by atoms with Gasteiger partial charge in [0.1, 0.15) is 22.3 Å². The van der Waals surface area contributed by atoms with Crippen molar-refractivity contribution in [3.63, 3.8) is 0 Å². The number of anilines is 3. The predicted molar refractivity (Wildman–Crippen MR) is 188 cm³/mol. The molecule has 0 saturated heterocycles. The van der Waals surface area contributed by atoms with Gasteiger partial charge < -0.3 is 13.7 Å². The fourth-order valence-corrected chi connectivity index (χ4v) is 7.10. The lowest BCUT2D eigenvalue weighted by atomic mass is 9.96. The summed E-state index contributed by atoms with van der Waals surface area (Å²) in [5, 5.41) is 11.7. The van der Waals surface area contributed by atoms with Gasteiger partial charge in [-0.3, -0.25) is 0 Å². The van der Waals surface area contributed by atoms with Crippen LogP contribution in [0.1, 0.15) is 0 Å². The lowest BCUT2D eigenvalue weighted by Gasteiger charge is -2.26. The largest absolute Gasteiger partial charge is 0.456 e. The van der Waals surface area contributed by atoms with Crippen LogP contribution in [0.25, 0.3) is 76.2 Å². The van der Waals surface area contributed by atoms with Gasteiger partial charge in [-0.15, -0.1) is 0 Å². The van der Waals surface area contributed by atoms with Gasteiger partial charge in [-0.05, 0) is 87.6 Å². The van der Waals surface area contributed by atoms with Crippen LogP contribution in [-0.4, -0.2) is 0 Å². The van der Waals surface area contributed by atoms with Gasteiger partial charge in [0.2, 0.25) is 0 Å². The highest BCUT2D eigenvalue weighted by molar-refractivity contribution is 6.27. The molecule has 0 aliphatic rings. The maximum Gasteiger partial charge on any atom is 0.136 e. The molecule has 2 heterocycles. The van der Waals surface area contributed by atoms with E-state index in [1.165, 1.54) is 32.3 Å². The summed E-state index contributed by atoms with van der Waals surface area (Å²) in [7, 11) is 0. The molecule has 10 aromatic rings. The van der Waals surface area contributed by atoms with Crippen LogP contribution in [-0.2, 0) is 0 Å². The topological polar surface area (TPSA) is 29.5 Å². The van der Waals surface area contributed by atoms with Crippen LogP contribution >= 0.6 is 0 Å². The number of furan rings is 2. The molecule has 0 atom stereocenters. The minimum Gasteiger partial charge on any atom is -0.456 e. The summed E-state index contributed by atoms with van der Waals surface area (Å²) in [6.45, 7) is 0. The number of fused-ring (bicyclic) bond motifs is 11. The Balaban J connectivity index is 1.28. The summed E-state index contributed by atoms with van der Waals surface area (Å²) in [4.78, 5) is 2.36. The first-order chi connectivity index (χ1) is 22.3. The third-order valence-electron chi connectivity index (χ3n) is 9.19. The highest BCUT2D eigenvalue weighted by atomic mass is 16.3. The number of rotatable bonds is 3. The van der Waals surface area contributed by atoms with E-state index >= 15 is 0 Å². The summed E-state index contributed by atoms with van der Waals surface area (Å²) in [6.07, 6.45) is 0. The van der Waals surface area contributed by atoms with Crippen molar-refractivity contribution in [2.45, 2.75) is 0 Å². The van der Waals surface area contributed by atoms with Gasteiger partial charge in [0.05, 0.1) is 0 Å². The van der Waals surface area contributed by atoms with Gasteiger partial charge in [0.25, 0.3) is 0 Å². The lowest BCUT2D eigenvalue weighted by Crippen LogP contribution is -2.10. The second-order valence-electron chi connectivity index (χ2n) is 11.8. The quantitative estimate of drug-likeness (QED) is 0.196. The molecule has 210 valence electrons. The van der Waals surface area contributed by atoms with E-state index in [2.05, 4.69) is 138 Å². The summed E-state index contributed by atoms with van der Waals surface area (Å²) in [5.74, 6) is 0. The molecule has 10 rings (SSSR count). The molecule has 0 saturated carbocycles. The van der Waals surface area contributed by atoms with Crippen molar-refractivity contribution in [3.05, 3.63) is 152 Å². The minimum absolute atomic E-state index is 0.886. The molecule has 0 amide bonds. The fourth-order valence-electron chi connectivity index (χ4n) is 7.10. The number of para-hydroxylation sites is 2. The molecular weight excluding hydrogens is 550 g/mol. The van der Waals surface area contributed by atoms with Crippen LogP contribution in [0.15, 0.2) is 160 Å². The molecule has 0 bridgehead atoms. The Bertz CT molecular complexity index is 2780. The van der Waals surface area contributed by atoms with E-state index in [9.17, 15) is 0 Å². The van der Waals surface area contributed by atoms with E-state index in [1.54, 1.807) is 0 Å². The third kappa shape index (κ3) is 3.65. The van der Waals surface area contributed by atoms with E-state index in [1.807, 2.05) is 18.2 Å². The Kier molecular flexibility index (Phi) is 5.00. The average Bonchev–Trinajstić information content (AvgIpc) is 3.66. The molecule has 3 heteroatoms. The lowest BCUT2D eigenvalue weighted by molar-refractivity contribution is 0.668. The van der Waals surface area contributed by atoms with E-state index < -0.39 is 0 Å². The molecule has 2 aromatic heterocycles. The Hall–Kier alpha value is -6.06. The highest BCUT2D eigenvalue weighted by Crippen LogP contribution is 2.43. The molecule has 3 nitrogen and oxygen atoms in total. The van der Waals surface area contributed by atoms with Crippen LogP contribution in [0.2, 0.25) is 0 Å². The van der Waals surface area contributed by atoms with Gasteiger partial charge in [-0.25, -0.2) is 0 Å². The molecule has 0 N–H and O–H groups in total. The van der Waals surface area contributed by atoms with Crippen molar-refractivity contribution >= 4 is 93.3 Å². The van der Waals surface area contributed by atoms with Crippen molar-refractivity contribution in [2.75, 3.05) is 4.90 Å². The molecule has 0 spiro atoms. The van der Waals surface area contributed by atoms with Gasteiger partial charge in [-0.1, -0.05) is 91.0 Å². The van der Waals surface area contributed by atoms with Crippen molar-refractivity contribution in [2.24, 2.45) is 0 Å². The Labute approximate surface area is 258 Å². The Morgan fingerprint density at radius 1 is 0.311 bits per heavy atom. The number of benzene rings is 8. The predicted octanol–water partition coefficient (Wildman–Crippen LogP) is 12.4. The maximum absolute atomic E-state index is 6.32. The maximum atomic E-state index is 6.32. The smallest absolute Gasteiger partial charge is 0.136 e. The molecule has 0 unspecified atom stereocenters. The zero-order valence-corrected chi connectivity index (χ0v) is 24.2. The normalized spacial score (nSPS) is 12.0. The third-order valence-corrected chi connectivity index (χ3v) is 9.19. The van der Waals surface area contributed by atoms with Gasteiger partial charge in [-0.2, -0.15) is 0 Å². The molecule has 8 aromatic carbocycles. The second kappa shape index (κ2) is 9.22. The first kappa shape index (κ1) is 24.4. The van der Waals surface area contributed by atoms with Crippen molar-refractivity contribution < 1.29 is 8.83 Å². The summed E-state index contributed by atoms with van der Waals surface area (Å²) < 4.78 is 12.5. The summed E-state index contributed by atoms with van der Waals surface area (Å²) in [6, 6.07) is 53.9. The summed E-state index contributed by atoms with van der Waals surface area (Å²) >= 11 is 0. The van der Waals surface area contributed by atoms with E-state index in [4.69, 9.17) is 8.83 Å². The molecule has 0 fully saturated rings. The van der Waals surface area contributed by atoms with E-state index in [0.717, 1.165) is 60.9 Å². The van der Waals surface area contributed by atoms with E-state index in [0.29, 0.717) is 0 Å². The van der Waals surface area contributed by atoms with Crippen LogP contribution in [0, 0.1) is 0 Å². The average molecular weight is 576 g/mol. The molecular formula is C42H25NO2. The minimum atomic E-state index is 0.886. The Morgan fingerprint density at radius 2 is 0.844 bits per heavy atom. The molecule has 45 heavy (non-hydrogen) atoms. The monoisotopic (exact) mass is 575 g/mol. The molecule has 0 radical (unpaired) electrons. The summed E-state index contributed by atoms with van der Waals surface area (Å²) in [5.41, 5.74) is 6.86. The van der Waals surface area contributed by atoms with Crippen molar-refractivity contribution in [1.29, 1.82) is 0 Å². The first-order valence-electron chi connectivity index (χ1n) is 15.3. The highest BCUT2D eigenvalue weighted by Gasteiger charge is 2.18. The van der Waals surface area contributed by atoms with Crippen LogP contribution in [0.5, 0.6) is 0 Å². The zero-order chi connectivity index (χ0) is 29.5. The SMILES string of the molecule is c1ccc2cc(N(c3ccc4oc5ccccc5c4c3)c3ccc4ccc5ccc6oc7ccccc7c6c5c4c3)ccc2c1. The number of hydrogen-bond acceptors (Lipinski definition) is 3. The van der Waals surface area contributed by atoms with Crippen LogP contribution in [0.3, 0.4) is 0 Å². The Morgan fingerprint density at radius 3 is 1.71 bits per heavy atom. The van der Waals surface area contributed by atoms with Crippen LogP contribution < -0.4 is 4.90 Å². The van der Waals surface area contributed by atoms with Crippen molar-refractivity contribution in [3.8, 4) is 0 Å². The molecule has 0 aliphatic heterocycles. The van der Waals surface area contributed by atoms with Crippen molar-refractivity contribution in [1.82, 2.24) is 0 Å². The van der Waals surface area contributed by atoms with Gasteiger partial charge in [0, 0.05) is 44.0 Å². The van der Waals surface area contributed by atoms with Gasteiger partial charge in [0.15, 0.2) is 0 Å². The standard InChI is InChI=1S/C42H25NO2/c1-2-8-29-23-30(18-15-26(29)7-1)43(32-20-22-39-36(25-32)33-9-3-5-11-37(33)44-39)31-19-16-27-13-14-28-17-21-40-42(41(28)35(27)24-31)34-10-4-6-12-38(34)45-40/h1-25H. The van der Waals surface area contributed by atoms with E-state index in [-0.39, 0.29) is 0 Å². The second-order valence-corrected chi connectivity index (χ2v) is 11.8. The van der Waals surface area contributed by atoms with Crippen LogP contribution in [0.4, 0.5) is 17.1 Å².